The number of carbonyl (C=O) groups is 1. The van der Waals surface area contributed by atoms with Gasteiger partial charge in [-0.05, 0) is 85.7 Å². The van der Waals surface area contributed by atoms with Crippen molar-refractivity contribution < 1.29 is 23.1 Å². The molecule has 0 unspecified atom stereocenters. The summed E-state index contributed by atoms with van der Waals surface area (Å²) in [5.41, 5.74) is 4.67. The zero-order valence-corrected chi connectivity index (χ0v) is 19.4. The minimum atomic E-state index is -3.81. The van der Waals surface area contributed by atoms with E-state index in [0.29, 0.717) is 35.4 Å². The van der Waals surface area contributed by atoms with Gasteiger partial charge in [0.05, 0.1) is 23.3 Å². The molecule has 0 saturated heterocycles. The smallest absolute Gasteiger partial charge is 0.335 e. The number of anilines is 1. The summed E-state index contributed by atoms with van der Waals surface area (Å²) < 4.78 is 34.8. The highest BCUT2D eigenvalue weighted by atomic mass is 32.2. The summed E-state index contributed by atoms with van der Waals surface area (Å²) in [7, 11) is -2.25. The number of hydrogen-bond donors (Lipinski definition) is 2. The molecule has 32 heavy (non-hydrogen) atoms. The molecule has 0 spiro atoms. The fraction of sp³-hybridized carbons (Fsp3) is 0.240. The summed E-state index contributed by atoms with van der Waals surface area (Å²) in [6.45, 7) is 5.39. The normalized spacial score (nSPS) is 11.2. The van der Waals surface area contributed by atoms with E-state index in [-0.39, 0.29) is 10.5 Å². The van der Waals surface area contributed by atoms with E-state index < -0.39 is 16.0 Å². The molecule has 0 aromatic heterocycles. The van der Waals surface area contributed by atoms with Crippen LogP contribution in [0.15, 0.2) is 59.5 Å². The van der Waals surface area contributed by atoms with Crippen LogP contribution in [0.1, 0.15) is 38.2 Å². The number of para-hydroxylation sites is 1. The lowest BCUT2D eigenvalue weighted by Crippen LogP contribution is -2.17. The second-order valence-corrected chi connectivity index (χ2v) is 9.36. The van der Waals surface area contributed by atoms with Crippen molar-refractivity contribution in [2.75, 3.05) is 11.8 Å². The standard InChI is InChI=1S/C25H27NO5S/c1-16-15-23(31-4)17(2)18(3)24(16)32(29,30)26-22-8-6-5-7-20(22)12-9-19-10-13-21(14-11-19)25(27)28/h5-8,10-11,13-15,26H,9,12H2,1-4H3,(H,27,28). The number of hydrogen-bond acceptors (Lipinski definition) is 4. The molecule has 3 aromatic rings. The number of carboxylic acid groups (broad SMARTS) is 1. The Labute approximate surface area is 188 Å². The number of aromatic carboxylic acids is 1. The highest BCUT2D eigenvalue weighted by Gasteiger charge is 2.23. The summed E-state index contributed by atoms with van der Waals surface area (Å²) in [6.07, 6.45) is 1.25. The molecule has 0 radical (unpaired) electrons. The number of carboxylic acids is 1. The number of aryl methyl sites for hydroxylation is 3. The van der Waals surface area contributed by atoms with Gasteiger partial charge < -0.3 is 9.84 Å². The Morgan fingerprint density at radius 1 is 0.969 bits per heavy atom. The Morgan fingerprint density at radius 3 is 2.25 bits per heavy atom. The molecule has 2 N–H and O–H groups in total. The zero-order valence-electron chi connectivity index (χ0n) is 18.6. The van der Waals surface area contributed by atoms with E-state index in [9.17, 15) is 13.2 Å². The molecule has 3 aromatic carbocycles. The van der Waals surface area contributed by atoms with Crippen LogP contribution in [0, 0.1) is 20.8 Å². The minimum absolute atomic E-state index is 0.238. The van der Waals surface area contributed by atoms with Crippen LogP contribution in [-0.4, -0.2) is 26.6 Å². The second-order valence-electron chi connectivity index (χ2n) is 7.74. The quantitative estimate of drug-likeness (QED) is 0.506. The van der Waals surface area contributed by atoms with Crippen LogP contribution >= 0.6 is 0 Å². The first kappa shape index (κ1) is 23.3. The Morgan fingerprint density at radius 2 is 1.62 bits per heavy atom. The number of methoxy groups -OCH3 is 1. The van der Waals surface area contributed by atoms with Crippen molar-refractivity contribution in [3.63, 3.8) is 0 Å². The average molecular weight is 454 g/mol. The summed E-state index contributed by atoms with van der Waals surface area (Å²) in [4.78, 5) is 11.3. The van der Waals surface area contributed by atoms with Crippen molar-refractivity contribution in [2.24, 2.45) is 0 Å². The molecule has 0 atom stereocenters. The molecule has 0 aliphatic heterocycles. The Kier molecular flexibility index (Phi) is 6.89. The van der Waals surface area contributed by atoms with Gasteiger partial charge in [0.15, 0.2) is 0 Å². The van der Waals surface area contributed by atoms with E-state index in [1.54, 1.807) is 63.4 Å². The molecule has 6 nitrogen and oxygen atoms in total. The van der Waals surface area contributed by atoms with Crippen LogP contribution in [0.5, 0.6) is 5.75 Å². The summed E-state index contributed by atoms with van der Waals surface area (Å²) in [6, 6.07) is 15.8. The SMILES string of the molecule is COc1cc(C)c(S(=O)(=O)Nc2ccccc2CCc2ccc(C(=O)O)cc2)c(C)c1C. The van der Waals surface area contributed by atoms with Gasteiger partial charge in [0, 0.05) is 0 Å². The van der Waals surface area contributed by atoms with Crippen LogP contribution in [0.25, 0.3) is 0 Å². The predicted octanol–water partition coefficient (Wildman–Crippen LogP) is 4.90. The molecule has 0 fully saturated rings. The molecular formula is C25H27NO5S. The monoisotopic (exact) mass is 453 g/mol. The fourth-order valence-corrected chi connectivity index (χ4v) is 5.40. The lowest BCUT2D eigenvalue weighted by molar-refractivity contribution is 0.0697. The third-order valence-electron chi connectivity index (χ3n) is 5.61. The zero-order chi connectivity index (χ0) is 23.5. The highest BCUT2D eigenvalue weighted by molar-refractivity contribution is 7.92. The first-order valence-electron chi connectivity index (χ1n) is 10.2. The van der Waals surface area contributed by atoms with E-state index in [1.165, 1.54) is 0 Å². The fourth-order valence-electron chi connectivity index (χ4n) is 3.77. The van der Waals surface area contributed by atoms with Gasteiger partial charge in [-0.15, -0.1) is 0 Å². The molecular weight excluding hydrogens is 426 g/mol. The maximum absolute atomic E-state index is 13.3. The maximum atomic E-state index is 13.3. The van der Waals surface area contributed by atoms with Crippen molar-refractivity contribution in [3.8, 4) is 5.75 Å². The van der Waals surface area contributed by atoms with E-state index >= 15 is 0 Å². The topological polar surface area (TPSA) is 92.7 Å². The highest BCUT2D eigenvalue weighted by Crippen LogP contribution is 2.32. The van der Waals surface area contributed by atoms with Crippen molar-refractivity contribution in [3.05, 3.63) is 88.0 Å². The number of sulfonamides is 1. The molecule has 168 valence electrons. The van der Waals surface area contributed by atoms with Gasteiger partial charge in [-0.1, -0.05) is 30.3 Å². The Balaban J connectivity index is 1.86. The first-order valence-corrected chi connectivity index (χ1v) is 11.7. The van der Waals surface area contributed by atoms with Gasteiger partial charge in [0.25, 0.3) is 10.0 Å². The second kappa shape index (κ2) is 9.44. The molecule has 0 aliphatic carbocycles. The molecule has 0 amide bonds. The molecule has 0 heterocycles. The van der Waals surface area contributed by atoms with Gasteiger partial charge in [-0.25, -0.2) is 13.2 Å². The molecule has 3 rings (SSSR count). The van der Waals surface area contributed by atoms with E-state index in [4.69, 9.17) is 9.84 Å². The van der Waals surface area contributed by atoms with Crippen molar-refractivity contribution in [1.29, 1.82) is 0 Å². The van der Waals surface area contributed by atoms with Crippen LogP contribution in [0.2, 0.25) is 0 Å². The van der Waals surface area contributed by atoms with Gasteiger partial charge in [-0.3, -0.25) is 4.72 Å². The number of rotatable bonds is 8. The average Bonchev–Trinajstić information content (AvgIpc) is 2.75. The Hall–Kier alpha value is -3.32. The van der Waals surface area contributed by atoms with Crippen molar-refractivity contribution >= 4 is 21.7 Å². The van der Waals surface area contributed by atoms with Crippen LogP contribution in [0.3, 0.4) is 0 Å². The lowest BCUT2D eigenvalue weighted by atomic mass is 10.0. The maximum Gasteiger partial charge on any atom is 0.335 e. The third kappa shape index (κ3) is 4.94. The van der Waals surface area contributed by atoms with Gasteiger partial charge >= 0.3 is 5.97 Å². The number of ether oxygens (including phenoxy) is 1. The van der Waals surface area contributed by atoms with Crippen LogP contribution in [-0.2, 0) is 22.9 Å². The van der Waals surface area contributed by atoms with Gasteiger partial charge in [0.1, 0.15) is 5.75 Å². The van der Waals surface area contributed by atoms with Crippen molar-refractivity contribution in [1.82, 2.24) is 0 Å². The van der Waals surface area contributed by atoms with Gasteiger partial charge in [0.2, 0.25) is 0 Å². The van der Waals surface area contributed by atoms with Crippen LogP contribution < -0.4 is 9.46 Å². The predicted molar refractivity (Wildman–Crippen MR) is 125 cm³/mol. The summed E-state index contributed by atoms with van der Waals surface area (Å²) >= 11 is 0. The van der Waals surface area contributed by atoms with Crippen molar-refractivity contribution in [2.45, 2.75) is 38.5 Å². The lowest BCUT2D eigenvalue weighted by Gasteiger charge is -2.18. The van der Waals surface area contributed by atoms with E-state index in [2.05, 4.69) is 4.72 Å². The first-order chi connectivity index (χ1) is 15.1. The minimum Gasteiger partial charge on any atom is -0.496 e. The van der Waals surface area contributed by atoms with Gasteiger partial charge in [-0.2, -0.15) is 0 Å². The molecule has 0 saturated carbocycles. The molecule has 0 bridgehead atoms. The molecule has 7 heteroatoms. The van der Waals surface area contributed by atoms with E-state index in [0.717, 1.165) is 16.7 Å². The third-order valence-corrected chi connectivity index (χ3v) is 7.27. The number of nitrogens with one attached hydrogen (secondary N) is 1. The summed E-state index contributed by atoms with van der Waals surface area (Å²) in [5.74, 6) is -0.302. The Bertz CT molecular complexity index is 1250. The largest absolute Gasteiger partial charge is 0.496 e. The van der Waals surface area contributed by atoms with Crippen LogP contribution in [0.4, 0.5) is 5.69 Å². The molecule has 0 aliphatic rings. The number of benzene rings is 3. The summed E-state index contributed by atoms with van der Waals surface area (Å²) in [5, 5.41) is 9.04. The van der Waals surface area contributed by atoms with E-state index in [1.807, 2.05) is 19.1 Å².